The van der Waals surface area contributed by atoms with Gasteiger partial charge >= 0.3 is 5.69 Å². The highest BCUT2D eigenvalue weighted by atomic mass is 35.5. The Bertz CT molecular complexity index is 653. The molecule has 106 valence electrons. The lowest BCUT2D eigenvalue weighted by atomic mass is 10.1. The van der Waals surface area contributed by atoms with Gasteiger partial charge in [-0.15, -0.1) is 0 Å². The summed E-state index contributed by atoms with van der Waals surface area (Å²) in [4.78, 5) is 18.7. The highest BCUT2D eigenvalue weighted by Crippen LogP contribution is 2.31. The minimum absolute atomic E-state index is 0.0382. The van der Waals surface area contributed by atoms with Crippen molar-refractivity contribution in [3.05, 3.63) is 39.0 Å². The summed E-state index contributed by atoms with van der Waals surface area (Å²) < 4.78 is 1.28. The molecular formula is C12H14ClN5O2. The third kappa shape index (κ3) is 2.77. The Hall–Kier alpha value is -2.02. The van der Waals surface area contributed by atoms with Crippen LogP contribution in [0.3, 0.4) is 0 Å². The molecule has 2 aromatic rings. The SMILES string of the molecule is Cc1cc(-n2nc(CC(C)C)c([N+](=O)[O-])c2Cl)ncn1. The molecule has 0 aromatic carbocycles. The third-order valence-corrected chi connectivity index (χ3v) is 3.01. The van der Waals surface area contributed by atoms with Crippen molar-refractivity contribution in [2.24, 2.45) is 5.92 Å². The standard InChI is InChI=1S/C12H14ClN5O2/c1-7(2)4-9-11(18(19)20)12(13)17(16-9)10-5-8(3)14-6-15-10/h5-7H,4H2,1-3H3. The van der Waals surface area contributed by atoms with Crippen LogP contribution in [0.4, 0.5) is 5.69 Å². The van der Waals surface area contributed by atoms with Gasteiger partial charge < -0.3 is 0 Å². The number of rotatable bonds is 4. The normalized spacial score (nSPS) is 11.1. The summed E-state index contributed by atoms with van der Waals surface area (Å²) in [5.41, 5.74) is 0.942. The Kier molecular flexibility index (Phi) is 3.99. The molecule has 0 aliphatic rings. The molecule has 8 heteroatoms. The monoisotopic (exact) mass is 295 g/mol. The van der Waals surface area contributed by atoms with Crippen molar-refractivity contribution in [1.82, 2.24) is 19.7 Å². The molecule has 2 heterocycles. The molecule has 0 amide bonds. The van der Waals surface area contributed by atoms with Crippen molar-refractivity contribution >= 4 is 17.3 Å². The second kappa shape index (κ2) is 5.54. The Balaban J connectivity index is 2.58. The van der Waals surface area contributed by atoms with E-state index in [0.29, 0.717) is 17.9 Å². The van der Waals surface area contributed by atoms with Crippen molar-refractivity contribution < 1.29 is 4.92 Å². The number of halogens is 1. The van der Waals surface area contributed by atoms with Crippen LogP contribution >= 0.6 is 11.6 Å². The molecule has 2 rings (SSSR count). The first kappa shape index (κ1) is 14.4. The molecule has 0 atom stereocenters. The summed E-state index contributed by atoms with van der Waals surface area (Å²) >= 11 is 6.09. The summed E-state index contributed by atoms with van der Waals surface area (Å²) in [5, 5.41) is 15.4. The van der Waals surface area contributed by atoms with E-state index in [1.54, 1.807) is 13.0 Å². The van der Waals surface area contributed by atoms with Crippen LogP contribution in [0.2, 0.25) is 5.15 Å². The van der Waals surface area contributed by atoms with Gasteiger partial charge in [0.2, 0.25) is 5.15 Å². The first-order chi connectivity index (χ1) is 9.40. The predicted molar refractivity (Wildman–Crippen MR) is 74.1 cm³/mol. The second-order valence-electron chi connectivity index (χ2n) is 4.87. The van der Waals surface area contributed by atoms with E-state index in [9.17, 15) is 10.1 Å². The van der Waals surface area contributed by atoms with Gasteiger partial charge in [0.05, 0.1) is 4.92 Å². The van der Waals surface area contributed by atoms with Crippen molar-refractivity contribution in [1.29, 1.82) is 0 Å². The number of nitro groups is 1. The fraction of sp³-hybridized carbons (Fsp3) is 0.417. The smallest absolute Gasteiger partial charge is 0.258 e. The van der Waals surface area contributed by atoms with E-state index < -0.39 is 4.92 Å². The fourth-order valence-electron chi connectivity index (χ4n) is 1.84. The molecule has 0 unspecified atom stereocenters. The lowest BCUT2D eigenvalue weighted by Crippen LogP contribution is -2.02. The molecule has 0 bridgehead atoms. The van der Waals surface area contributed by atoms with Crippen molar-refractivity contribution in [3.8, 4) is 5.82 Å². The van der Waals surface area contributed by atoms with E-state index >= 15 is 0 Å². The molecule has 0 aliphatic carbocycles. The number of hydrogen-bond donors (Lipinski definition) is 0. The maximum absolute atomic E-state index is 11.2. The van der Waals surface area contributed by atoms with Crippen molar-refractivity contribution in [2.45, 2.75) is 27.2 Å². The maximum atomic E-state index is 11.2. The number of hydrogen-bond acceptors (Lipinski definition) is 5. The molecule has 7 nitrogen and oxygen atoms in total. The van der Waals surface area contributed by atoms with Crippen LogP contribution in [0, 0.1) is 23.0 Å². The predicted octanol–water partition coefficient (Wildman–Crippen LogP) is 2.73. The molecule has 0 radical (unpaired) electrons. The number of aromatic nitrogens is 4. The largest absolute Gasteiger partial charge is 0.329 e. The van der Waals surface area contributed by atoms with Gasteiger partial charge in [-0.25, -0.2) is 9.97 Å². The highest BCUT2D eigenvalue weighted by Gasteiger charge is 2.28. The van der Waals surface area contributed by atoms with E-state index in [1.165, 1.54) is 11.0 Å². The molecule has 0 aliphatic heterocycles. The van der Waals surface area contributed by atoms with Gasteiger partial charge in [0.1, 0.15) is 12.0 Å². The van der Waals surface area contributed by atoms with Crippen LogP contribution in [0.1, 0.15) is 25.2 Å². The van der Waals surface area contributed by atoms with Crippen molar-refractivity contribution in [3.63, 3.8) is 0 Å². The van der Waals surface area contributed by atoms with Crippen LogP contribution in [0.25, 0.3) is 5.82 Å². The molecule has 0 saturated carbocycles. The molecule has 20 heavy (non-hydrogen) atoms. The molecule has 0 spiro atoms. The summed E-state index contributed by atoms with van der Waals surface area (Å²) in [5.74, 6) is 0.654. The number of aryl methyl sites for hydroxylation is 1. The van der Waals surface area contributed by atoms with Gasteiger partial charge in [-0.1, -0.05) is 25.4 Å². The van der Waals surface area contributed by atoms with Gasteiger partial charge in [-0.3, -0.25) is 10.1 Å². The highest BCUT2D eigenvalue weighted by molar-refractivity contribution is 6.32. The van der Waals surface area contributed by atoms with Crippen molar-refractivity contribution in [2.75, 3.05) is 0 Å². The molecule has 0 fully saturated rings. The average Bonchev–Trinajstić information content (AvgIpc) is 2.65. The summed E-state index contributed by atoms with van der Waals surface area (Å²) in [7, 11) is 0. The van der Waals surface area contributed by atoms with Crippen LogP contribution < -0.4 is 0 Å². The van der Waals surface area contributed by atoms with Gasteiger partial charge in [-0.2, -0.15) is 9.78 Å². The van der Waals surface area contributed by atoms with Crippen LogP contribution in [-0.4, -0.2) is 24.7 Å². The molecule has 0 saturated heterocycles. The van der Waals surface area contributed by atoms with Gasteiger partial charge in [0.15, 0.2) is 5.82 Å². The van der Waals surface area contributed by atoms with Gasteiger partial charge in [0.25, 0.3) is 0 Å². The Morgan fingerprint density at radius 1 is 1.45 bits per heavy atom. The Morgan fingerprint density at radius 3 is 2.70 bits per heavy atom. The Labute approximate surface area is 120 Å². The van der Waals surface area contributed by atoms with E-state index in [2.05, 4.69) is 15.1 Å². The maximum Gasteiger partial charge on any atom is 0.329 e. The minimum atomic E-state index is -0.502. The minimum Gasteiger partial charge on any atom is -0.258 e. The average molecular weight is 296 g/mol. The van der Waals surface area contributed by atoms with Crippen LogP contribution in [0.15, 0.2) is 12.4 Å². The first-order valence-corrected chi connectivity index (χ1v) is 6.48. The third-order valence-electron chi connectivity index (χ3n) is 2.67. The molecule has 0 N–H and O–H groups in total. The zero-order valence-corrected chi connectivity index (χ0v) is 12.1. The first-order valence-electron chi connectivity index (χ1n) is 6.11. The Morgan fingerprint density at radius 2 is 2.15 bits per heavy atom. The second-order valence-corrected chi connectivity index (χ2v) is 5.23. The van der Waals surface area contributed by atoms with Crippen LogP contribution in [0.5, 0.6) is 0 Å². The molecule has 2 aromatic heterocycles. The topological polar surface area (TPSA) is 86.7 Å². The number of nitrogens with zero attached hydrogens (tertiary/aromatic N) is 5. The van der Waals surface area contributed by atoms with E-state index in [1.807, 2.05) is 13.8 Å². The van der Waals surface area contributed by atoms with E-state index in [4.69, 9.17) is 11.6 Å². The summed E-state index contributed by atoms with van der Waals surface area (Å²) in [6, 6.07) is 1.67. The summed E-state index contributed by atoms with van der Waals surface area (Å²) in [6.07, 6.45) is 1.85. The fourth-order valence-corrected chi connectivity index (χ4v) is 2.15. The lowest BCUT2D eigenvalue weighted by molar-refractivity contribution is -0.385. The van der Waals surface area contributed by atoms with E-state index in [0.717, 1.165) is 5.69 Å². The van der Waals surface area contributed by atoms with Gasteiger partial charge in [0, 0.05) is 18.2 Å². The van der Waals surface area contributed by atoms with Crippen LogP contribution in [-0.2, 0) is 6.42 Å². The zero-order valence-electron chi connectivity index (χ0n) is 11.4. The lowest BCUT2D eigenvalue weighted by Gasteiger charge is -2.01. The summed E-state index contributed by atoms with van der Waals surface area (Å²) in [6.45, 7) is 5.73. The zero-order chi connectivity index (χ0) is 14.9. The van der Waals surface area contributed by atoms with E-state index in [-0.39, 0.29) is 16.8 Å². The quantitative estimate of drug-likeness (QED) is 0.639. The molecular weight excluding hydrogens is 282 g/mol. The van der Waals surface area contributed by atoms with Gasteiger partial charge in [-0.05, 0) is 12.8 Å².